The van der Waals surface area contributed by atoms with E-state index >= 15 is 0 Å². The number of thioether (sulfide) groups is 1. The van der Waals surface area contributed by atoms with Crippen LogP contribution in [0.1, 0.15) is 11.1 Å². The van der Waals surface area contributed by atoms with Crippen LogP contribution in [-0.2, 0) is 4.79 Å². The van der Waals surface area contributed by atoms with E-state index in [0.29, 0.717) is 22.8 Å². The van der Waals surface area contributed by atoms with Crippen LogP contribution in [0.25, 0.3) is 11.6 Å². The number of benzene rings is 2. The summed E-state index contributed by atoms with van der Waals surface area (Å²) in [5.74, 6) is 1.65. The fourth-order valence-corrected chi connectivity index (χ4v) is 3.44. The molecule has 118 valence electrons. The molecule has 2 aromatic carbocycles. The first-order chi connectivity index (χ1) is 11.2. The third-order valence-corrected chi connectivity index (χ3v) is 4.58. The highest BCUT2D eigenvalue weighted by Gasteiger charge is 2.25. The van der Waals surface area contributed by atoms with Crippen molar-refractivity contribution in [2.75, 3.05) is 21.3 Å². The minimum absolute atomic E-state index is 0.0416. The third-order valence-electron chi connectivity index (χ3n) is 3.60. The first-order valence-corrected chi connectivity index (χ1v) is 7.83. The topological polar surface area (TPSA) is 44.8 Å². The predicted molar refractivity (Wildman–Crippen MR) is 91.3 cm³/mol. The zero-order valence-electron chi connectivity index (χ0n) is 13.1. The van der Waals surface area contributed by atoms with E-state index in [2.05, 4.69) is 0 Å². The summed E-state index contributed by atoms with van der Waals surface area (Å²) in [6, 6.07) is 11.4. The van der Waals surface area contributed by atoms with Crippen molar-refractivity contribution in [1.29, 1.82) is 0 Å². The Hall–Kier alpha value is -2.40. The first-order valence-electron chi connectivity index (χ1n) is 7.01. The molecule has 0 N–H and O–H groups in total. The fraction of sp³-hybridized carbons (Fsp3) is 0.167. The van der Waals surface area contributed by atoms with Crippen molar-refractivity contribution in [1.82, 2.24) is 0 Å². The summed E-state index contributed by atoms with van der Waals surface area (Å²) in [5.41, 5.74) is 2.45. The molecule has 1 aliphatic rings. The van der Waals surface area contributed by atoms with E-state index in [1.54, 1.807) is 21.3 Å². The second-order valence-electron chi connectivity index (χ2n) is 4.90. The number of carbonyl (C=O) groups is 1. The molecular weight excluding hydrogens is 312 g/mol. The van der Waals surface area contributed by atoms with Crippen LogP contribution in [0, 0.1) is 0 Å². The molecule has 0 amide bonds. The molecule has 23 heavy (non-hydrogen) atoms. The molecule has 4 nitrogen and oxygen atoms in total. The molecule has 1 aliphatic heterocycles. The summed E-state index contributed by atoms with van der Waals surface area (Å²) >= 11 is 1.25. The van der Waals surface area contributed by atoms with Gasteiger partial charge in [-0.25, -0.2) is 0 Å². The average Bonchev–Trinajstić information content (AvgIpc) is 2.89. The van der Waals surface area contributed by atoms with Crippen molar-refractivity contribution in [3.05, 3.63) is 47.5 Å². The Labute approximate surface area is 139 Å². The van der Waals surface area contributed by atoms with Gasteiger partial charge in [0, 0.05) is 16.0 Å². The van der Waals surface area contributed by atoms with Crippen LogP contribution in [0.5, 0.6) is 17.2 Å². The van der Waals surface area contributed by atoms with E-state index in [1.165, 1.54) is 11.8 Å². The maximum absolute atomic E-state index is 12.3. The van der Waals surface area contributed by atoms with Gasteiger partial charge in [-0.05, 0) is 41.6 Å². The summed E-state index contributed by atoms with van der Waals surface area (Å²) < 4.78 is 16.0. The third kappa shape index (κ3) is 2.80. The van der Waals surface area contributed by atoms with Crippen molar-refractivity contribution in [3.8, 4) is 17.2 Å². The lowest BCUT2D eigenvalue weighted by Crippen LogP contribution is -1.96. The highest BCUT2D eigenvalue weighted by molar-refractivity contribution is 8.15. The van der Waals surface area contributed by atoms with Gasteiger partial charge in [-0.15, -0.1) is 0 Å². The molecule has 2 aromatic rings. The van der Waals surface area contributed by atoms with Gasteiger partial charge in [0.25, 0.3) is 0 Å². The van der Waals surface area contributed by atoms with E-state index in [1.807, 2.05) is 42.5 Å². The number of fused-ring (bicyclic) bond motifs is 1. The van der Waals surface area contributed by atoms with Crippen LogP contribution in [0.15, 0.2) is 41.3 Å². The van der Waals surface area contributed by atoms with Gasteiger partial charge in [-0.1, -0.05) is 18.2 Å². The first kappa shape index (κ1) is 15.5. The monoisotopic (exact) mass is 328 g/mol. The molecule has 0 atom stereocenters. The van der Waals surface area contributed by atoms with Crippen molar-refractivity contribution in [2.45, 2.75) is 4.90 Å². The Morgan fingerprint density at radius 2 is 1.61 bits per heavy atom. The van der Waals surface area contributed by atoms with Crippen LogP contribution in [0.2, 0.25) is 0 Å². The summed E-state index contributed by atoms with van der Waals surface area (Å²) in [4.78, 5) is 13.3. The number of carbonyl (C=O) groups excluding carboxylic acids is 1. The summed E-state index contributed by atoms with van der Waals surface area (Å²) in [6.45, 7) is 0. The Balaban J connectivity index is 2.11. The lowest BCUT2D eigenvalue weighted by molar-refractivity contribution is -0.106. The highest BCUT2D eigenvalue weighted by atomic mass is 32.2. The zero-order chi connectivity index (χ0) is 16.4. The van der Waals surface area contributed by atoms with Gasteiger partial charge in [0.15, 0.2) is 11.5 Å². The van der Waals surface area contributed by atoms with Gasteiger partial charge in [0.05, 0.1) is 21.3 Å². The maximum atomic E-state index is 12.3. The zero-order valence-corrected chi connectivity index (χ0v) is 13.9. The van der Waals surface area contributed by atoms with Gasteiger partial charge in [0.1, 0.15) is 0 Å². The van der Waals surface area contributed by atoms with E-state index in [-0.39, 0.29) is 5.12 Å². The lowest BCUT2D eigenvalue weighted by atomic mass is 10.0. The smallest absolute Gasteiger partial charge is 0.224 e. The molecule has 0 unspecified atom stereocenters. The molecule has 0 aromatic heterocycles. The molecule has 0 saturated heterocycles. The lowest BCUT2D eigenvalue weighted by Gasteiger charge is -2.13. The Kier molecular flexibility index (Phi) is 4.30. The van der Waals surface area contributed by atoms with Crippen molar-refractivity contribution < 1.29 is 19.0 Å². The number of rotatable bonds is 4. The van der Waals surface area contributed by atoms with E-state index in [0.717, 1.165) is 16.0 Å². The summed E-state index contributed by atoms with van der Waals surface area (Å²) in [7, 11) is 4.70. The second-order valence-corrected chi connectivity index (χ2v) is 5.92. The van der Waals surface area contributed by atoms with Crippen LogP contribution in [0.4, 0.5) is 0 Å². The van der Waals surface area contributed by atoms with E-state index in [9.17, 15) is 4.79 Å². The Morgan fingerprint density at radius 1 is 0.957 bits per heavy atom. The van der Waals surface area contributed by atoms with Crippen molar-refractivity contribution in [3.63, 3.8) is 0 Å². The van der Waals surface area contributed by atoms with Crippen LogP contribution >= 0.6 is 11.8 Å². The van der Waals surface area contributed by atoms with Gasteiger partial charge in [0.2, 0.25) is 10.9 Å². The van der Waals surface area contributed by atoms with Gasteiger partial charge < -0.3 is 14.2 Å². The minimum Gasteiger partial charge on any atom is -0.493 e. The average molecular weight is 328 g/mol. The summed E-state index contributed by atoms with van der Waals surface area (Å²) in [6.07, 6.45) is 1.85. The molecule has 0 saturated carbocycles. The number of ether oxygens (including phenoxy) is 3. The fourth-order valence-electron chi connectivity index (χ4n) is 2.53. The number of hydrogen-bond donors (Lipinski definition) is 0. The molecule has 0 spiro atoms. The second kappa shape index (κ2) is 6.38. The standard InChI is InChI=1S/C18H16O4S/c1-20-14-9-11(10-15(21-2)17(14)22-3)8-13-12-6-4-5-7-16(12)23-18(13)19/h4-10H,1-3H3/b13-8-. The van der Waals surface area contributed by atoms with Gasteiger partial charge in [-0.3, -0.25) is 4.79 Å². The molecule has 1 heterocycles. The van der Waals surface area contributed by atoms with Crippen molar-refractivity contribution >= 4 is 28.5 Å². The largest absolute Gasteiger partial charge is 0.493 e. The molecular formula is C18H16O4S. The van der Waals surface area contributed by atoms with Gasteiger partial charge >= 0.3 is 0 Å². The SMILES string of the molecule is COc1cc(/C=C2\C(=O)Sc3ccccc32)cc(OC)c1OC. The number of hydrogen-bond acceptors (Lipinski definition) is 5. The van der Waals surface area contributed by atoms with Crippen LogP contribution in [0.3, 0.4) is 0 Å². The maximum Gasteiger partial charge on any atom is 0.224 e. The molecule has 5 heteroatoms. The Bertz CT molecular complexity index is 770. The highest BCUT2D eigenvalue weighted by Crippen LogP contribution is 2.43. The van der Waals surface area contributed by atoms with Crippen LogP contribution < -0.4 is 14.2 Å². The van der Waals surface area contributed by atoms with Gasteiger partial charge in [-0.2, -0.15) is 0 Å². The molecule has 0 radical (unpaired) electrons. The minimum atomic E-state index is 0.0416. The molecule has 0 bridgehead atoms. The normalized spacial score (nSPS) is 14.7. The summed E-state index contributed by atoms with van der Waals surface area (Å²) in [5, 5.41) is 0.0416. The quantitative estimate of drug-likeness (QED) is 0.797. The molecule has 0 fully saturated rings. The van der Waals surface area contributed by atoms with Crippen LogP contribution in [-0.4, -0.2) is 26.4 Å². The predicted octanol–water partition coefficient (Wildman–Crippen LogP) is 3.89. The molecule has 3 rings (SSSR count). The van der Waals surface area contributed by atoms with E-state index in [4.69, 9.17) is 14.2 Å². The van der Waals surface area contributed by atoms with E-state index < -0.39 is 0 Å². The molecule has 0 aliphatic carbocycles. The van der Waals surface area contributed by atoms with Crippen molar-refractivity contribution in [2.24, 2.45) is 0 Å². The Morgan fingerprint density at radius 3 is 2.22 bits per heavy atom. The number of methoxy groups -OCH3 is 3.